The van der Waals surface area contributed by atoms with E-state index in [0.29, 0.717) is 32.6 Å². The number of carbonyl (C=O) groups is 1. The molecule has 1 amide bonds. The molecule has 1 aliphatic carbocycles. The van der Waals surface area contributed by atoms with E-state index in [1.165, 1.54) is 12.1 Å². The van der Waals surface area contributed by atoms with Crippen LogP contribution in [0, 0.1) is 17.2 Å². The Kier molecular flexibility index (Phi) is 5.52. The number of alkyl halides is 3. The zero-order valence-electron chi connectivity index (χ0n) is 16.3. The van der Waals surface area contributed by atoms with Gasteiger partial charge >= 0.3 is 6.18 Å². The zero-order valence-corrected chi connectivity index (χ0v) is 16.3. The molecule has 2 aromatic carbocycles. The van der Waals surface area contributed by atoms with Crippen molar-refractivity contribution in [2.24, 2.45) is 5.92 Å². The minimum Gasteiger partial charge on any atom is -0.340 e. The Hall–Kier alpha value is -2.85. The van der Waals surface area contributed by atoms with Crippen molar-refractivity contribution in [3.05, 3.63) is 71.3 Å². The molecule has 0 radical (unpaired) electrons. The highest BCUT2D eigenvalue weighted by Crippen LogP contribution is 2.51. The van der Waals surface area contributed by atoms with Crippen molar-refractivity contribution in [1.29, 1.82) is 5.26 Å². The molecule has 0 bridgehead atoms. The minimum absolute atomic E-state index is 0.0788. The Morgan fingerprint density at radius 2 is 1.63 bits per heavy atom. The summed E-state index contributed by atoms with van der Waals surface area (Å²) in [6, 6.07) is 17.0. The minimum atomic E-state index is -4.41. The van der Waals surface area contributed by atoms with Gasteiger partial charge in [0.05, 0.1) is 11.6 Å². The molecule has 156 valence electrons. The summed E-state index contributed by atoms with van der Waals surface area (Å²) in [5.41, 5.74) is 0.497. The molecule has 0 N–H and O–H groups in total. The van der Waals surface area contributed by atoms with Gasteiger partial charge < -0.3 is 4.90 Å². The summed E-state index contributed by atoms with van der Waals surface area (Å²) in [5, 5.41) is 9.59. The van der Waals surface area contributed by atoms with Gasteiger partial charge in [-0.1, -0.05) is 48.5 Å². The van der Waals surface area contributed by atoms with Crippen molar-refractivity contribution < 1.29 is 18.0 Å². The molecule has 4 nitrogen and oxygen atoms in total. The summed E-state index contributed by atoms with van der Waals surface area (Å²) in [6.07, 6.45) is -3.96. The van der Waals surface area contributed by atoms with Crippen molar-refractivity contribution in [3.8, 4) is 6.07 Å². The molecule has 1 aliphatic heterocycles. The Balaban J connectivity index is 1.38. The van der Waals surface area contributed by atoms with Gasteiger partial charge in [0, 0.05) is 32.1 Å². The van der Waals surface area contributed by atoms with E-state index in [1.807, 2.05) is 35.2 Å². The molecular formula is C23H22F3N3O. The lowest BCUT2D eigenvalue weighted by atomic mass is 10.0. The maximum Gasteiger partial charge on any atom is 0.416 e. The van der Waals surface area contributed by atoms with Crippen LogP contribution in [0.15, 0.2) is 54.6 Å². The topological polar surface area (TPSA) is 47.3 Å². The number of carbonyl (C=O) groups excluding carboxylic acids is 1. The number of nitriles is 1. The van der Waals surface area contributed by atoms with Gasteiger partial charge in [0.2, 0.25) is 5.91 Å². The molecular weight excluding hydrogens is 391 g/mol. The van der Waals surface area contributed by atoms with Gasteiger partial charge in [-0.15, -0.1) is 0 Å². The van der Waals surface area contributed by atoms with Gasteiger partial charge in [-0.2, -0.15) is 18.4 Å². The van der Waals surface area contributed by atoms with E-state index in [2.05, 4.69) is 6.07 Å². The van der Waals surface area contributed by atoms with E-state index >= 15 is 0 Å². The van der Waals surface area contributed by atoms with Crippen molar-refractivity contribution in [1.82, 2.24) is 9.80 Å². The Labute approximate surface area is 173 Å². The monoisotopic (exact) mass is 413 g/mol. The summed E-state index contributed by atoms with van der Waals surface area (Å²) < 4.78 is 39.9. The predicted molar refractivity (Wildman–Crippen MR) is 105 cm³/mol. The van der Waals surface area contributed by atoms with Crippen LogP contribution in [0.2, 0.25) is 0 Å². The molecule has 7 heteroatoms. The lowest BCUT2D eigenvalue weighted by Gasteiger charge is -2.37. The largest absolute Gasteiger partial charge is 0.416 e. The second-order valence-electron chi connectivity index (χ2n) is 7.84. The van der Waals surface area contributed by atoms with Gasteiger partial charge in [-0.05, 0) is 29.5 Å². The smallest absolute Gasteiger partial charge is 0.340 e. The van der Waals surface area contributed by atoms with Crippen LogP contribution in [0.25, 0.3) is 0 Å². The van der Waals surface area contributed by atoms with E-state index in [1.54, 1.807) is 11.0 Å². The molecule has 2 aromatic rings. The molecule has 1 saturated heterocycles. The van der Waals surface area contributed by atoms with Crippen molar-refractivity contribution >= 4 is 5.91 Å². The van der Waals surface area contributed by atoms with Gasteiger partial charge in [0.15, 0.2) is 0 Å². The third-order valence-corrected chi connectivity index (χ3v) is 6.00. The van der Waals surface area contributed by atoms with Crippen LogP contribution in [0.1, 0.15) is 35.1 Å². The van der Waals surface area contributed by atoms with Crippen LogP contribution in [0.5, 0.6) is 0 Å². The van der Waals surface area contributed by atoms with Gasteiger partial charge in [-0.25, -0.2) is 0 Å². The van der Waals surface area contributed by atoms with Crippen molar-refractivity contribution in [3.63, 3.8) is 0 Å². The Morgan fingerprint density at radius 3 is 2.27 bits per heavy atom. The molecule has 3 atom stereocenters. The molecule has 2 fully saturated rings. The molecule has 3 unspecified atom stereocenters. The highest BCUT2D eigenvalue weighted by Gasteiger charge is 2.49. The average Bonchev–Trinajstić information content (AvgIpc) is 3.55. The van der Waals surface area contributed by atoms with Crippen LogP contribution in [-0.4, -0.2) is 41.9 Å². The maximum atomic E-state index is 13.3. The fourth-order valence-corrected chi connectivity index (χ4v) is 4.33. The normalized spacial score (nSPS) is 22.9. The third-order valence-electron chi connectivity index (χ3n) is 6.00. The molecule has 30 heavy (non-hydrogen) atoms. The summed E-state index contributed by atoms with van der Waals surface area (Å²) in [4.78, 5) is 16.7. The first-order valence-corrected chi connectivity index (χ1v) is 10.0. The SMILES string of the molecule is N#CC(c1ccccc1)N1CCN(C(=O)C2CC2c2ccccc2C(F)(F)F)CC1. The standard InChI is InChI=1S/C23H22F3N3O/c24-23(25,26)20-9-5-4-8-17(20)18-14-19(18)22(30)29-12-10-28(11-13-29)21(15-27)16-6-2-1-3-7-16/h1-9,18-19,21H,10-14H2. The number of hydrogen-bond acceptors (Lipinski definition) is 3. The molecule has 4 rings (SSSR count). The maximum absolute atomic E-state index is 13.3. The van der Waals surface area contributed by atoms with Crippen LogP contribution in [0.3, 0.4) is 0 Å². The molecule has 1 heterocycles. The first kappa shape index (κ1) is 20.4. The Bertz CT molecular complexity index is 946. The van der Waals surface area contributed by atoms with Gasteiger partial charge in [-0.3, -0.25) is 9.69 Å². The van der Waals surface area contributed by atoms with Crippen LogP contribution < -0.4 is 0 Å². The lowest BCUT2D eigenvalue weighted by molar-refractivity contribution is -0.139. The number of hydrogen-bond donors (Lipinski definition) is 0. The fourth-order valence-electron chi connectivity index (χ4n) is 4.33. The van der Waals surface area contributed by atoms with Gasteiger partial charge in [0.25, 0.3) is 0 Å². The summed E-state index contributed by atoms with van der Waals surface area (Å²) in [6.45, 7) is 2.09. The fraction of sp³-hybridized carbons (Fsp3) is 0.391. The molecule has 2 aliphatic rings. The molecule has 0 spiro atoms. The van der Waals surface area contributed by atoms with E-state index < -0.39 is 11.7 Å². The van der Waals surface area contributed by atoms with Crippen LogP contribution >= 0.6 is 0 Å². The van der Waals surface area contributed by atoms with E-state index in [0.717, 1.165) is 11.6 Å². The number of nitrogens with zero attached hydrogens (tertiary/aromatic N) is 3. The number of rotatable bonds is 4. The van der Waals surface area contributed by atoms with Gasteiger partial charge in [0.1, 0.15) is 6.04 Å². The number of halogens is 3. The Morgan fingerprint density at radius 1 is 1.00 bits per heavy atom. The van der Waals surface area contributed by atoms with Crippen molar-refractivity contribution in [2.75, 3.05) is 26.2 Å². The summed E-state index contributed by atoms with van der Waals surface area (Å²) in [5.74, 6) is -0.838. The summed E-state index contributed by atoms with van der Waals surface area (Å²) >= 11 is 0. The number of benzene rings is 2. The highest BCUT2D eigenvalue weighted by molar-refractivity contribution is 5.83. The second-order valence-corrected chi connectivity index (χ2v) is 7.84. The number of piperazine rings is 1. The number of amides is 1. The van der Waals surface area contributed by atoms with E-state index in [9.17, 15) is 23.2 Å². The zero-order chi connectivity index (χ0) is 21.3. The van der Waals surface area contributed by atoms with Crippen LogP contribution in [-0.2, 0) is 11.0 Å². The molecule has 1 saturated carbocycles. The summed E-state index contributed by atoms with van der Waals surface area (Å²) in [7, 11) is 0. The third kappa shape index (κ3) is 4.05. The lowest BCUT2D eigenvalue weighted by Crippen LogP contribution is -2.50. The second kappa shape index (κ2) is 8.11. The average molecular weight is 413 g/mol. The van der Waals surface area contributed by atoms with Crippen LogP contribution in [0.4, 0.5) is 13.2 Å². The van der Waals surface area contributed by atoms with Crippen molar-refractivity contribution in [2.45, 2.75) is 24.6 Å². The predicted octanol–water partition coefficient (Wildman–Crippen LogP) is 4.22. The molecule has 0 aromatic heterocycles. The van der Waals surface area contributed by atoms with E-state index in [4.69, 9.17) is 0 Å². The first-order chi connectivity index (χ1) is 14.4. The first-order valence-electron chi connectivity index (χ1n) is 10.0. The van der Waals surface area contributed by atoms with E-state index in [-0.39, 0.29) is 29.3 Å². The quantitative estimate of drug-likeness (QED) is 0.754. The highest BCUT2D eigenvalue weighted by atomic mass is 19.4.